The molecule has 2 aliphatic rings. The summed E-state index contributed by atoms with van der Waals surface area (Å²) in [7, 11) is 0. The van der Waals surface area contributed by atoms with E-state index in [2.05, 4.69) is 50.3 Å². The molecule has 2 fully saturated rings. The molecule has 0 aromatic heterocycles. The van der Waals surface area contributed by atoms with Crippen LogP contribution in [0.2, 0.25) is 0 Å². The molecular weight excluding hydrogens is 312 g/mol. The summed E-state index contributed by atoms with van der Waals surface area (Å²) in [5.41, 5.74) is 3.15. The minimum absolute atomic E-state index is 0.829. The van der Waals surface area contributed by atoms with Crippen molar-refractivity contribution in [2.75, 3.05) is 0 Å². The zero-order chi connectivity index (χ0) is 18.2. The molecule has 3 rings (SSSR count). The molecule has 0 saturated heterocycles. The second-order valence-corrected chi connectivity index (χ2v) is 9.01. The summed E-state index contributed by atoms with van der Waals surface area (Å²) >= 11 is 0. The summed E-state index contributed by atoms with van der Waals surface area (Å²) in [6.45, 7) is 4.46. The van der Waals surface area contributed by atoms with Gasteiger partial charge in [0.05, 0.1) is 0 Å². The Morgan fingerprint density at radius 3 is 2.00 bits per heavy atom. The Morgan fingerprint density at radius 1 is 0.808 bits per heavy atom. The highest BCUT2D eigenvalue weighted by Crippen LogP contribution is 2.44. The van der Waals surface area contributed by atoms with Crippen LogP contribution in [0.1, 0.15) is 102 Å². The largest absolute Gasteiger partial charge is 0.0914 e. The molecule has 1 aromatic carbocycles. The molecule has 0 spiro atoms. The molecule has 26 heavy (non-hydrogen) atoms. The molecule has 0 heteroatoms. The van der Waals surface area contributed by atoms with Crippen molar-refractivity contribution in [1.29, 1.82) is 0 Å². The summed E-state index contributed by atoms with van der Waals surface area (Å²) in [5.74, 6) is 3.75. The van der Waals surface area contributed by atoms with Crippen molar-refractivity contribution in [3.63, 3.8) is 0 Å². The fourth-order valence-electron chi connectivity index (χ4n) is 5.54. The molecule has 0 atom stereocenters. The number of allylic oxidation sites excluding steroid dienone is 2. The molecule has 0 radical (unpaired) electrons. The molecule has 0 unspecified atom stereocenters. The van der Waals surface area contributed by atoms with Gasteiger partial charge in [-0.1, -0.05) is 56.2 Å². The predicted molar refractivity (Wildman–Crippen MR) is 115 cm³/mol. The van der Waals surface area contributed by atoms with E-state index >= 15 is 0 Å². The van der Waals surface area contributed by atoms with Crippen LogP contribution in [-0.4, -0.2) is 0 Å². The van der Waals surface area contributed by atoms with E-state index in [9.17, 15) is 0 Å². The molecular formula is C26H40. The van der Waals surface area contributed by atoms with Crippen molar-refractivity contribution < 1.29 is 0 Å². The Morgan fingerprint density at radius 2 is 1.42 bits per heavy atom. The molecule has 2 aliphatic carbocycles. The van der Waals surface area contributed by atoms with Crippen LogP contribution in [0.25, 0.3) is 0 Å². The zero-order valence-electron chi connectivity index (χ0n) is 17.3. The summed E-state index contributed by atoms with van der Waals surface area (Å²) in [6, 6.07) is 9.68. The minimum Gasteiger partial charge on any atom is -0.0914 e. The molecule has 0 amide bonds. The molecule has 0 aliphatic heterocycles. The fourth-order valence-corrected chi connectivity index (χ4v) is 5.54. The Kier molecular flexibility index (Phi) is 7.84. The Bertz CT molecular complexity index is 522. The van der Waals surface area contributed by atoms with Gasteiger partial charge in [0, 0.05) is 0 Å². The van der Waals surface area contributed by atoms with E-state index in [4.69, 9.17) is 0 Å². The highest BCUT2D eigenvalue weighted by atomic mass is 14.4. The standard InChI is InChI=1S/C26H40/c1-3-5-6-8-22-11-15-24(16-12-22)26-19-17-25(18-20-26)23-13-9-21(7-4-2)10-14-23/h4,7,11-12,15-16,21,23,25-26H,3,5-6,8-10,13-14,17-20H2,1-2H3/b7-4+. The van der Waals surface area contributed by atoms with E-state index in [0.717, 1.165) is 23.7 Å². The number of aryl methyl sites for hydroxylation is 1. The third-order valence-corrected chi connectivity index (χ3v) is 7.24. The molecule has 1 aromatic rings. The van der Waals surface area contributed by atoms with Crippen molar-refractivity contribution in [3.8, 4) is 0 Å². The number of hydrogen-bond donors (Lipinski definition) is 0. The third kappa shape index (κ3) is 5.48. The highest BCUT2D eigenvalue weighted by Gasteiger charge is 2.30. The average molecular weight is 353 g/mol. The SMILES string of the molecule is C/C=C/C1CCC(C2CCC(c3ccc(CCCCC)cc3)CC2)CC1. The summed E-state index contributed by atoms with van der Waals surface area (Å²) < 4.78 is 0. The van der Waals surface area contributed by atoms with E-state index < -0.39 is 0 Å². The molecule has 144 valence electrons. The Balaban J connectivity index is 1.43. The van der Waals surface area contributed by atoms with Crippen molar-refractivity contribution in [2.45, 2.75) is 96.8 Å². The van der Waals surface area contributed by atoms with Gasteiger partial charge in [-0.15, -0.1) is 0 Å². The van der Waals surface area contributed by atoms with Crippen LogP contribution in [-0.2, 0) is 6.42 Å². The molecule has 0 N–H and O–H groups in total. The smallest absolute Gasteiger partial charge is 0.0162 e. The normalized spacial score (nSPS) is 29.9. The monoisotopic (exact) mass is 352 g/mol. The van der Waals surface area contributed by atoms with Crippen LogP contribution in [0.15, 0.2) is 36.4 Å². The first-order valence-corrected chi connectivity index (χ1v) is 11.5. The van der Waals surface area contributed by atoms with Gasteiger partial charge in [0.15, 0.2) is 0 Å². The topological polar surface area (TPSA) is 0 Å². The van der Waals surface area contributed by atoms with Crippen LogP contribution in [0.5, 0.6) is 0 Å². The number of hydrogen-bond acceptors (Lipinski definition) is 0. The van der Waals surface area contributed by atoms with Gasteiger partial charge in [-0.05, 0) is 106 Å². The highest BCUT2D eigenvalue weighted by molar-refractivity contribution is 5.26. The minimum atomic E-state index is 0.829. The van der Waals surface area contributed by atoms with Gasteiger partial charge < -0.3 is 0 Å². The van der Waals surface area contributed by atoms with Gasteiger partial charge in [0.1, 0.15) is 0 Å². The van der Waals surface area contributed by atoms with Gasteiger partial charge in [0.2, 0.25) is 0 Å². The average Bonchev–Trinajstić information content (AvgIpc) is 2.70. The van der Waals surface area contributed by atoms with Crippen molar-refractivity contribution >= 4 is 0 Å². The van der Waals surface area contributed by atoms with Crippen molar-refractivity contribution in [2.24, 2.45) is 17.8 Å². The molecule has 2 saturated carbocycles. The quantitative estimate of drug-likeness (QED) is 0.343. The van der Waals surface area contributed by atoms with Gasteiger partial charge in [-0.3, -0.25) is 0 Å². The first-order chi connectivity index (χ1) is 12.8. The lowest BCUT2D eigenvalue weighted by molar-refractivity contribution is 0.171. The second kappa shape index (κ2) is 10.3. The molecule has 0 bridgehead atoms. The van der Waals surface area contributed by atoms with Gasteiger partial charge in [-0.25, -0.2) is 0 Å². The maximum atomic E-state index is 2.44. The maximum Gasteiger partial charge on any atom is -0.0162 e. The van der Waals surface area contributed by atoms with E-state index in [1.807, 2.05) is 0 Å². The van der Waals surface area contributed by atoms with Crippen LogP contribution < -0.4 is 0 Å². The van der Waals surface area contributed by atoms with Crippen LogP contribution in [0.3, 0.4) is 0 Å². The first-order valence-electron chi connectivity index (χ1n) is 11.5. The summed E-state index contributed by atoms with van der Waals surface area (Å²) in [5, 5.41) is 0. The summed E-state index contributed by atoms with van der Waals surface area (Å²) in [4.78, 5) is 0. The first kappa shape index (κ1) is 19.7. The molecule has 0 nitrogen and oxygen atoms in total. The van der Waals surface area contributed by atoms with Gasteiger partial charge >= 0.3 is 0 Å². The second-order valence-electron chi connectivity index (χ2n) is 9.01. The van der Waals surface area contributed by atoms with Crippen LogP contribution >= 0.6 is 0 Å². The van der Waals surface area contributed by atoms with Gasteiger partial charge in [-0.2, -0.15) is 0 Å². The number of benzene rings is 1. The fraction of sp³-hybridized carbons (Fsp3) is 0.692. The van der Waals surface area contributed by atoms with Crippen LogP contribution in [0.4, 0.5) is 0 Å². The lowest BCUT2D eigenvalue weighted by Crippen LogP contribution is -2.25. The van der Waals surface area contributed by atoms with E-state index in [-0.39, 0.29) is 0 Å². The number of unbranched alkanes of at least 4 members (excludes halogenated alkanes) is 2. The predicted octanol–water partition coefficient (Wildman–Crippen LogP) is 8.08. The van der Waals surface area contributed by atoms with Crippen molar-refractivity contribution in [1.82, 2.24) is 0 Å². The van der Waals surface area contributed by atoms with E-state index in [1.165, 1.54) is 82.6 Å². The number of rotatable bonds is 7. The van der Waals surface area contributed by atoms with Gasteiger partial charge in [0.25, 0.3) is 0 Å². The van der Waals surface area contributed by atoms with Crippen molar-refractivity contribution in [3.05, 3.63) is 47.5 Å². The molecule has 0 heterocycles. The Labute approximate surface area is 162 Å². The van der Waals surface area contributed by atoms with E-state index in [1.54, 1.807) is 5.56 Å². The lowest BCUT2D eigenvalue weighted by atomic mass is 9.68. The Hall–Kier alpha value is -1.04. The lowest BCUT2D eigenvalue weighted by Gasteiger charge is -2.37. The van der Waals surface area contributed by atoms with E-state index in [0.29, 0.717) is 0 Å². The van der Waals surface area contributed by atoms with Crippen LogP contribution in [0, 0.1) is 17.8 Å². The maximum absolute atomic E-state index is 2.44. The zero-order valence-corrected chi connectivity index (χ0v) is 17.3. The summed E-state index contributed by atoms with van der Waals surface area (Å²) in [6.07, 6.45) is 21.6. The third-order valence-electron chi connectivity index (χ3n) is 7.24.